The maximum Gasteiger partial charge on any atom is 0.273 e. The van der Waals surface area contributed by atoms with Crippen LogP contribution in [0, 0.1) is 0 Å². The van der Waals surface area contributed by atoms with Gasteiger partial charge in [0.1, 0.15) is 9.96 Å². The fourth-order valence-corrected chi connectivity index (χ4v) is 4.57. The largest absolute Gasteiger partial charge is 0.484 e. The molecule has 0 saturated carbocycles. The normalized spacial score (nSPS) is 11.2. The number of hydrogen-bond acceptors (Lipinski definition) is 5. The van der Waals surface area contributed by atoms with Crippen LogP contribution < -0.4 is 9.04 Å². The van der Waals surface area contributed by atoms with Crippen molar-refractivity contribution in [1.29, 1.82) is 0 Å². The summed E-state index contributed by atoms with van der Waals surface area (Å²) >= 11 is 1.18. The van der Waals surface area contributed by atoms with Crippen LogP contribution in [0.15, 0.2) is 46.0 Å². The molecule has 0 unspecified atom stereocenters. The summed E-state index contributed by atoms with van der Waals surface area (Å²) in [5.74, 6) is 0.438. The van der Waals surface area contributed by atoms with Gasteiger partial charge in [0.05, 0.1) is 5.69 Å². The van der Waals surface area contributed by atoms with E-state index in [0.717, 1.165) is 12.8 Å². The first-order valence-corrected chi connectivity index (χ1v) is 10.7. The second-order valence-electron chi connectivity index (χ2n) is 5.86. The van der Waals surface area contributed by atoms with Gasteiger partial charge in [-0.3, -0.25) is 9.10 Å². The van der Waals surface area contributed by atoms with Crippen molar-refractivity contribution in [3.8, 4) is 5.75 Å². The molecule has 0 bridgehead atoms. The molecule has 26 heavy (non-hydrogen) atoms. The molecule has 0 fully saturated rings. The van der Waals surface area contributed by atoms with Crippen LogP contribution in [-0.2, 0) is 14.8 Å². The van der Waals surface area contributed by atoms with E-state index < -0.39 is 10.0 Å². The molecular formula is C18H24N2O4S2. The first kappa shape index (κ1) is 20.3. The quantitative estimate of drug-likeness (QED) is 0.653. The van der Waals surface area contributed by atoms with Gasteiger partial charge in [-0.15, -0.1) is 11.3 Å². The van der Waals surface area contributed by atoms with Gasteiger partial charge in [0.25, 0.3) is 15.9 Å². The topological polar surface area (TPSA) is 66.9 Å². The molecule has 0 aliphatic carbocycles. The molecule has 1 aromatic heterocycles. The minimum atomic E-state index is -3.56. The molecule has 2 aromatic rings. The van der Waals surface area contributed by atoms with E-state index in [1.165, 1.54) is 22.7 Å². The van der Waals surface area contributed by atoms with Gasteiger partial charge in [-0.05, 0) is 42.1 Å². The van der Waals surface area contributed by atoms with Crippen LogP contribution in [0.25, 0.3) is 0 Å². The number of rotatable bonds is 9. The van der Waals surface area contributed by atoms with Crippen molar-refractivity contribution >= 4 is 33.0 Å². The van der Waals surface area contributed by atoms with Gasteiger partial charge >= 0.3 is 0 Å². The number of unbranched alkanes of at least 4 members (excludes halogenated alkanes) is 1. The van der Waals surface area contributed by atoms with Crippen molar-refractivity contribution in [2.45, 2.75) is 24.0 Å². The summed E-state index contributed by atoms with van der Waals surface area (Å²) in [5.41, 5.74) is 0.525. The van der Waals surface area contributed by atoms with Crippen molar-refractivity contribution in [2.24, 2.45) is 0 Å². The molecule has 2 rings (SSSR count). The van der Waals surface area contributed by atoms with Crippen LogP contribution >= 0.6 is 11.3 Å². The lowest BCUT2D eigenvalue weighted by Crippen LogP contribution is -2.32. The Morgan fingerprint density at radius 2 is 1.85 bits per heavy atom. The van der Waals surface area contributed by atoms with Crippen molar-refractivity contribution in [3.05, 3.63) is 41.8 Å². The summed E-state index contributed by atoms with van der Waals surface area (Å²) in [7, 11) is -0.287. The molecule has 8 heteroatoms. The maximum atomic E-state index is 12.5. The molecule has 0 saturated heterocycles. The van der Waals surface area contributed by atoms with E-state index >= 15 is 0 Å². The van der Waals surface area contributed by atoms with Crippen LogP contribution in [0.2, 0.25) is 0 Å². The third-order valence-corrected chi connectivity index (χ3v) is 7.10. The maximum absolute atomic E-state index is 12.5. The number of ether oxygens (including phenoxy) is 1. The Bertz CT molecular complexity index is 802. The minimum absolute atomic E-state index is 0.0388. The zero-order valence-corrected chi connectivity index (χ0v) is 16.8. The lowest BCUT2D eigenvalue weighted by Gasteiger charge is -2.19. The van der Waals surface area contributed by atoms with Gasteiger partial charge in [0.15, 0.2) is 6.61 Å². The molecule has 0 atom stereocenters. The molecule has 0 aliphatic rings. The Hall–Kier alpha value is -2.06. The summed E-state index contributed by atoms with van der Waals surface area (Å²) in [6, 6.07) is 9.92. The summed E-state index contributed by atoms with van der Waals surface area (Å²) in [4.78, 5) is 13.6. The fraction of sp³-hybridized carbons (Fsp3) is 0.389. The Morgan fingerprint density at radius 1 is 1.15 bits per heavy atom. The van der Waals surface area contributed by atoms with Gasteiger partial charge < -0.3 is 9.64 Å². The number of hydrogen-bond donors (Lipinski definition) is 0. The van der Waals surface area contributed by atoms with E-state index in [1.54, 1.807) is 53.7 Å². The highest BCUT2D eigenvalue weighted by Crippen LogP contribution is 2.26. The standard InChI is InChI=1S/C18H24N2O4S2/c1-4-5-12-19(2)17(21)14-24-16-10-8-15(9-11-16)20(3)26(22,23)18-7-6-13-25-18/h6-11,13H,4-5,12,14H2,1-3H3. The lowest BCUT2D eigenvalue weighted by molar-refractivity contribution is -0.132. The Kier molecular flexibility index (Phi) is 7.05. The highest BCUT2D eigenvalue weighted by atomic mass is 32.2. The molecule has 1 aromatic carbocycles. The molecule has 1 heterocycles. The Labute approximate surface area is 159 Å². The number of carbonyl (C=O) groups is 1. The number of sulfonamides is 1. The predicted molar refractivity (Wildman–Crippen MR) is 104 cm³/mol. The van der Waals surface area contributed by atoms with E-state index in [0.29, 0.717) is 22.2 Å². The van der Waals surface area contributed by atoms with Crippen molar-refractivity contribution in [3.63, 3.8) is 0 Å². The van der Waals surface area contributed by atoms with Crippen LogP contribution in [0.4, 0.5) is 5.69 Å². The third kappa shape index (κ3) is 4.98. The van der Waals surface area contributed by atoms with Crippen LogP contribution in [0.5, 0.6) is 5.75 Å². The Balaban J connectivity index is 1.97. The Morgan fingerprint density at radius 3 is 2.42 bits per heavy atom. The van der Waals surface area contributed by atoms with Gasteiger partial charge in [-0.25, -0.2) is 8.42 Å². The van der Waals surface area contributed by atoms with Crippen molar-refractivity contribution in [1.82, 2.24) is 4.90 Å². The van der Waals surface area contributed by atoms with Crippen LogP contribution in [0.1, 0.15) is 19.8 Å². The second-order valence-corrected chi connectivity index (χ2v) is 9.00. The number of likely N-dealkylation sites (N-methyl/N-ethyl adjacent to an activating group) is 1. The third-order valence-electron chi connectivity index (χ3n) is 3.95. The average molecular weight is 397 g/mol. The summed E-state index contributed by atoms with van der Waals surface area (Å²) < 4.78 is 32.0. The average Bonchev–Trinajstić information content (AvgIpc) is 3.19. The van der Waals surface area contributed by atoms with Crippen molar-refractivity contribution in [2.75, 3.05) is 31.6 Å². The fourth-order valence-electron chi connectivity index (χ4n) is 2.21. The SMILES string of the molecule is CCCCN(C)C(=O)COc1ccc(N(C)S(=O)(=O)c2cccs2)cc1. The van der Waals surface area contributed by atoms with Gasteiger partial charge in [-0.2, -0.15) is 0 Å². The first-order chi connectivity index (χ1) is 12.4. The molecular weight excluding hydrogens is 372 g/mol. The van der Waals surface area contributed by atoms with E-state index in [2.05, 4.69) is 6.92 Å². The van der Waals surface area contributed by atoms with E-state index in [4.69, 9.17) is 4.74 Å². The number of anilines is 1. The van der Waals surface area contributed by atoms with Crippen molar-refractivity contribution < 1.29 is 17.9 Å². The summed E-state index contributed by atoms with van der Waals surface area (Å²) in [5, 5.41) is 1.73. The highest BCUT2D eigenvalue weighted by molar-refractivity contribution is 7.94. The first-order valence-electron chi connectivity index (χ1n) is 8.35. The molecule has 0 radical (unpaired) electrons. The number of amides is 1. The predicted octanol–water partition coefficient (Wildman–Crippen LogP) is 3.21. The summed E-state index contributed by atoms with van der Waals surface area (Å²) in [6.07, 6.45) is 1.99. The minimum Gasteiger partial charge on any atom is -0.484 e. The molecule has 1 amide bonds. The molecule has 0 N–H and O–H groups in total. The van der Waals surface area contributed by atoms with Gasteiger partial charge in [-0.1, -0.05) is 19.4 Å². The summed E-state index contributed by atoms with van der Waals surface area (Å²) in [6.45, 7) is 2.75. The van der Waals surface area contributed by atoms with E-state index in [1.807, 2.05) is 0 Å². The van der Waals surface area contributed by atoms with Gasteiger partial charge in [0, 0.05) is 20.6 Å². The van der Waals surface area contributed by atoms with Gasteiger partial charge in [0.2, 0.25) is 0 Å². The smallest absolute Gasteiger partial charge is 0.273 e. The highest BCUT2D eigenvalue weighted by Gasteiger charge is 2.22. The number of carbonyl (C=O) groups excluding carboxylic acids is 1. The van der Waals surface area contributed by atoms with E-state index in [-0.39, 0.29) is 12.5 Å². The number of nitrogens with zero attached hydrogens (tertiary/aromatic N) is 2. The van der Waals surface area contributed by atoms with E-state index in [9.17, 15) is 13.2 Å². The zero-order valence-electron chi connectivity index (χ0n) is 15.2. The molecule has 0 aliphatic heterocycles. The number of thiophene rings is 1. The molecule has 0 spiro atoms. The molecule has 142 valence electrons. The second kappa shape index (κ2) is 9.05. The van der Waals surface area contributed by atoms with Crippen LogP contribution in [-0.4, -0.2) is 46.5 Å². The zero-order chi connectivity index (χ0) is 19.2. The lowest BCUT2D eigenvalue weighted by atomic mass is 10.3. The monoisotopic (exact) mass is 396 g/mol. The number of benzene rings is 1. The van der Waals surface area contributed by atoms with Crippen LogP contribution in [0.3, 0.4) is 0 Å². The molecule has 6 nitrogen and oxygen atoms in total.